The van der Waals surface area contributed by atoms with Gasteiger partial charge < -0.3 is 20.7 Å². The van der Waals surface area contributed by atoms with E-state index in [1.807, 2.05) is 12.1 Å². The first-order chi connectivity index (χ1) is 14.0. The van der Waals surface area contributed by atoms with Gasteiger partial charge in [0, 0.05) is 30.2 Å². The van der Waals surface area contributed by atoms with Crippen LogP contribution in [0, 0.1) is 5.92 Å². The zero-order chi connectivity index (χ0) is 20.3. The third-order valence-corrected chi connectivity index (χ3v) is 6.53. The number of ether oxygens (including phenoxy) is 1. The number of nitrogens with two attached hydrogens (primary N) is 1. The van der Waals surface area contributed by atoms with Gasteiger partial charge in [0.25, 0.3) is 0 Å². The fourth-order valence-electron chi connectivity index (χ4n) is 3.93. The smallest absolute Gasteiger partial charge is 0.231 e. The summed E-state index contributed by atoms with van der Waals surface area (Å²) in [5.41, 5.74) is 8.67. The lowest BCUT2D eigenvalue weighted by molar-refractivity contribution is -0.118. The summed E-state index contributed by atoms with van der Waals surface area (Å²) < 4.78 is 5.40. The molecule has 2 aliphatic heterocycles. The monoisotopic (exact) mass is 412 g/mol. The highest BCUT2D eigenvalue weighted by molar-refractivity contribution is 8.13. The Kier molecular flexibility index (Phi) is 5.96. The molecule has 0 aromatic heterocycles. The van der Waals surface area contributed by atoms with Crippen molar-refractivity contribution in [3.63, 3.8) is 0 Å². The number of hydrogen-bond acceptors (Lipinski definition) is 6. The third-order valence-electron chi connectivity index (χ3n) is 5.73. The lowest BCUT2D eigenvalue weighted by Gasteiger charge is -2.32. The minimum atomic E-state index is -0.343. The fraction of sp³-hybridized carbons (Fsp3) is 0.455. The van der Waals surface area contributed by atoms with Gasteiger partial charge in [0.2, 0.25) is 5.91 Å². The number of rotatable bonds is 4. The SMILES string of the molecule is CC1(C2=CC(C(=O)Nc3ccc(N4CCOCC4)cc3)CC=C2)CCSC(N)=N1. The van der Waals surface area contributed by atoms with Crippen molar-refractivity contribution in [1.29, 1.82) is 0 Å². The summed E-state index contributed by atoms with van der Waals surface area (Å²) in [4.78, 5) is 19.8. The number of nitrogens with zero attached hydrogens (tertiary/aromatic N) is 2. The molecule has 0 saturated carbocycles. The molecule has 3 aliphatic rings. The molecule has 6 nitrogen and oxygen atoms in total. The number of amidine groups is 1. The number of allylic oxidation sites excluding steroid dienone is 1. The number of carbonyl (C=O) groups excluding carboxylic acids is 1. The summed E-state index contributed by atoms with van der Waals surface area (Å²) in [5, 5.41) is 3.69. The maximum Gasteiger partial charge on any atom is 0.231 e. The van der Waals surface area contributed by atoms with E-state index in [0.717, 1.165) is 55.4 Å². The van der Waals surface area contributed by atoms with Gasteiger partial charge in [-0.3, -0.25) is 9.79 Å². The Morgan fingerprint density at radius 1 is 1.31 bits per heavy atom. The second kappa shape index (κ2) is 8.63. The second-order valence-corrected chi connectivity index (χ2v) is 8.94. The number of morpholine rings is 1. The van der Waals surface area contributed by atoms with Crippen LogP contribution in [0.4, 0.5) is 11.4 Å². The molecular weight excluding hydrogens is 384 g/mol. The summed E-state index contributed by atoms with van der Waals surface area (Å²) in [6.07, 6.45) is 7.84. The Morgan fingerprint density at radius 2 is 2.07 bits per heavy atom. The molecule has 0 spiro atoms. The van der Waals surface area contributed by atoms with Gasteiger partial charge in [0.15, 0.2) is 5.17 Å². The molecule has 2 heterocycles. The topological polar surface area (TPSA) is 80.0 Å². The summed E-state index contributed by atoms with van der Waals surface area (Å²) in [5.74, 6) is 0.761. The lowest BCUT2D eigenvalue weighted by Crippen LogP contribution is -2.36. The Labute approximate surface area is 176 Å². The zero-order valence-corrected chi connectivity index (χ0v) is 17.6. The van der Waals surface area contributed by atoms with Crippen LogP contribution in [0.3, 0.4) is 0 Å². The van der Waals surface area contributed by atoms with Crippen LogP contribution in [0.25, 0.3) is 0 Å². The number of hydrogen-bond donors (Lipinski definition) is 2. The van der Waals surface area contributed by atoms with Gasteiger partial charge in [0.1, 0.15) is 0 Å². The lowest BCUT2D eigenvalue weighted by atomic mass is 9.83. The zero-order valence-electron chi connectivity index (χ0n) is 16.8. The molecule has 1 aromatic carbocycles. The Bertz CT molecular complexity index is 843. The van der Waals surface area contributed by atoms with E-state index in [9.17, 15) is 4.79 Å². The van der Waals surface area contributed by atoms with E-state index in [-0.39, 0.29) is 17.4 Å². The van der Waals surface area contributed by atoms with Crippen LogP contribution in [0.2, 0.25) is 0 Å². The molecule has 154 valence electrons. The van der Waals surface area contributed by atoms with Crippen LogP contribution in [-0.2, 0) is 9.53 Å². The first kappa shape index (κ1) is 20.0. The van der Waals surface area contributed by atoms with Crippen LogP contribution < -0.4 is 16.0 Å². The summed E-state index contributed by atoms with van der Waals surface area (Å²) in [6.45, 7) is 5.42. The van der Waals surface area contributed by atoms with Crippen LogP contribution in [-0.4, -0.2) is 48.7 Å². The van der Waals surface area contributed by atoms with Crippen molar-refractivity contribution in [2.24, 2.45) is 16.6 Å². The van der Waals surface area contributed by atoms with Crippen LogP contribution in [0.1, 0.15) is 19.8 Å². The average molecular weight is 413 g/mol. The predicted molar refractivity (Wildman–Crippen MR) is 121 cm³/mol. The molecule has 4 rings (SSSR count). The Balaban J connectivity index is 1.42. The van der Waals surface area contributed by atoms with E-state index >= 15 is 0 Å². The molecule has 1 fully saturated rings. The molecule has 1 amide bonds. The second-order valence-electron chi connectivity index (χ2n) is 7.82. The standard InChI is InChI=1S/C22H28N4O2S/c1-22(9-14-29-21(23)25-22)17-4-2-3-16(15-17)20(27)24-18-5-7-19(8-6-18)26-10-12-28-13-11-26/h2,4-8,15-16H,3,9-14H2,1H3,(H2,23,25)(H,24,27). The Hall–Kier alpha value is -2.25. The van der Waals surface area contributed by atoms with E-state index in [1.165, 1.54) is 0 Å². The van der Waals surface area contributed by atoms with Gasteiger partial charge >= 0.3 is 0 Å². The maximum atomic E-state index is 12.9. The summed E-state index contributed by atoms with van der Waals surface area (Å²) in [6, 6.07) is 8.05. The highest BCUT2D eigenvalue weighted by Gasteiger charge is 2.32. The molecule has 0 bridgehead atoms. The van der Waals surface area contributed by atoms with Crippen molar-refractivity contribution < 1.29 is 9.53 Å². The molecule has 1 saturated heterocycles. The van der Waals surface area contributed by atoms with Gasteiger partial charge in [-0.2, -0.15) is 0 Å². The minimum absolute atomic E-state index is 0.0108. The number of nitrogens with one attached hydrogen (secondary N) is 1. The van der Waals surface area contributed by atoms with Crippen molar-refractivity contribution >= 4 is 34.2 Å². The van der Waals surface area contributed by atoms with E-state index in [4.69, 9.17) is 10.5 Å². The van der Waals surface area contributed by atoms with Crippen LogP contribution >= 0.6 is 11.8 Å². The molecular formula is C22H28N4O2S. The van der Waals surface area contributed by atoms with Gasteiger partial charge in [-0.15, -0.1) is 0 Å². The molecule has 0 radical (unpaired) electrons. The molecule has 2 unspecified atom stereocenters. The van der Waals surface area contributed by atoms with E-state index < -0.39 is 0 Å². The number of thioether (sulfide) groups is 1. The summed E-state index contributed by atoms with van der Waals surface area (Å²) in [7, 11) is 0. The molecule has 3 N–H and O–H groups in total. The quantitative estimate of drug-likeness (QED) is 0.794. The Morgan fingerprint density at radius 3 is 2.79 bits per heavy atom. The first-order valence-corrected chi connectivity index (χ1v) is 11.1. The predicted octanol–water partition coefficient (Wildman–Crippen LogP) is 3.17. The molecule has 1 aliphatic carbocycles. The first-order valence-electron chi connectivity index (χ1n) is 10.1. The van der Waals surface area contributed by atoms with Gasteiger partial charge in [-0.1, -0.05) is 30.0 Å². The highest BCUT2D eigenvalue weighted by Crippen LogP contribution is 2.35. The largest absolute Gasteiger partial charge is 0.379 e. The minimum Gasteiger partial charge on any atom is -0.379 e. The van der Waals surface area contributed by atoms with Crippen molar-refractivity contribution in [1.82, 2.24) is 0 Å². The highest BCUT2D eigenvalue weighted by atomic mass is 32.2. The van der Waals surface area contributed by atoms with E-state index in [2.05, 4.69) is 52.5 Å². The maximum absolute atomic E-state index is 12.9. The van der Waals surface area contributed by atoms with E-state index in [1.54, 1.807) is 11.8 Å². The van der Waals surface area contributed by atoms with Crippen molar-refractivity contribution in [3.05, 3.63) is 48.1 Å². The van der Waals surface area contributed by atoms with Crippen LogP contribution in [0.15, 0.2) is 53.1 Å². The third kappa shape index (κ3) is 4.67. The number of amides is 1. The normalized spacial score (nSPS) is 27.2. The number of anilines is 2. The molecule has 29 heavy (non-hydrogen) atoms. The number of benzene rings is 1. The van der Waals surface area contributed by atoms with Crippen molar-refractivity contribution in [2.45, 2.75) is 25.3 Å². The van der Waals surface area contributed by atoms with Crippen molar-refractivity contribution in [3.8, 4) is 0 Å². The van der Waals surface area contributed by atoms with E-state index in [0.29, 0.717) is 11.6 Å². The number of carbonyl (C=O) groups is 1. The fourth-order valence-corrected chi connectivity index (χ4v) is 4.91. The van der Waals surface area contributed by atoms with Gasteiger partial charge in [-0.05, 0) is 49.6 Å². The molecule has 1 aromatic rings. The molecule has 7 heteroatoms. The summed E-state index contributed by atoms with van der Waals surface area (Å²) >= 11 is 1.59. The van der Waals surface area contributed by atoms with Gasteiger partial charge in [0.05, 0.1) is 24.7 Å². The van der Waals surface area contributed by atoms with Crippen LogP contribution in [0.5, 0.6) is 0 Å². The average Bonchev–Trinajstić information content (AvgIpc) is 2.75. The van der Waals surface area contributed by atoms with Crippen molar-refractivity contribution in [2.75, 3.05) is 42.3 Å². The van der Waals surface area contributed by atoms with Gasteiger partial charge in [-0.25, -0.2) is 0 Å². The molecule has 2 atom stereocenters. The number of aliphatic imine (C=N–C) groups is 1.